The Morgan fingerprint density at radius 3 is 2.27 bits per heavy atom. The van der Waals surface area contributed by atoms with Crippen LogP contribution in [0.25, 0.3) is 11.1 Å². The summed E-state index contributed by atoms with van der Waals surface area (Å²) in [5.41, 5.74) is 2.82. The molecule has 0 aliphatic heterocycles. The number of nitrogens with one attached hydrogen (secondary N) is 1. The summed E-state index contributed by atoms with van der Waals surface area (Å²) in [4.78, 5) is 22.8. The standard InChI is InChI=1S/C19H22N4O4S.C2H6/c1-12(2)28(26,27)21-10-9-14-5-7-15(8-6-14)17-16(11-20)13(3)23(4)18(17)19(24)22-25;1-2/h5-8,12,21H,9-10H2,1-4H3;1-2H3. The fourth-order valence-electron chi connectivity index (χ4n) is 2.86. The maximum Gasteiger partial charge on any atom is 0.333 e. The van der Waals surface area contributed by atoms with Gasteiger partial charge in [-0.05, 0) is 38.3 Å². The van der Waals surface area contributed by atoms with Crippen LogP contribution in [-0.4, -0.2) is 30.7 Å². The number of carbonyl (C=O) groups excluding carboxylic acids is 1. The monoisotopic (exact) mass is 432 g/mol. The Balaban J connectivity index is 0.00000218. The van der Waals surface area contributed by atoms with Crippen LogP contribution in [0.1, 0.15) is 55.0 Å². The molecular formula is C21H28N4O4S. The summed E-state index contributed by atoms with van der Waals surface area (Å²) in [6.07, 6.45) is 0.493. The van der Waals surface area contributed by atoms with Crippen LogP contribution in [0.15, 0.2) is 29.4 Å². The Kier molecular flexibility index (Phi) is 9.08. The largest absolute Gasteiger partial charge is 0.342 e. The Labute approximate surface area is 177 Å². The molecule has 0 atom stereocenters. The summed E-state index contributed by atoms with van der Waals surface area (Å²) in [6, 6.07) is 9.16. The second kappa shape index (κ2) is 10.8. The van der Waals surface area contributed by atoms with Crippen LogP contribution in [-0.2, 0) is 23.5 Å². The molecule has 0 unspecified atom stereocenters. The molecule has 1 N–H and O–H groups in total. The van der Waals surface area contributed by atoms with Gasteiger partial charge in [0.1, 0.15) is 11.8 Å². The Bertz CT molecular complexity index is 1050. The van der Waals surface area contributed by atoms with E-state index >= 15 is 0 Å². The van der Waals surface area contributed by atoms with Crippen LogP contribution >= 0.6 is 0 Å². The number of hydrogen-bond acceptors (Lipinski definition) is 5. The number of nitroso groups, excluding NO2 is 1. The van der Waals surface area contributed by atoms with E-state index in [9.17, 15) is 23.4 Å². The molecule has 0 aliphatic rings. The smallest absolute Gasteiger partial charge is 0.333 e. The van der Waals surface area contributed by atoms with Crippen molar-refractivity contribution in [2.24, 2.45) is 12.2 Å². The molecule has 0 spiro atoms. The number of rotatable bonds is 7. The van der Waals surface area contributed by atoms with Crippen molar-refractivity contribution in [3.63, 3.8) is 0 Å². The van der Waals surface area contributed by atoms with Crippen LogP contribution < -0.4 is 4.72 Å². The lowest BCUT2D eigenvalue weighted by molar-refractivity contribution is 0.0993. The number of benzene rings is 1. The van der Waals surface area contributed by atoms with E-state index in [-0.39, 0.29) is 12.2 Å². The molecule has 162 valence electrons. The van der Waals surface area contributed by atoms with E-state index in [1.54, 1.807) is 52.1 Å². The Hall–Kier alpha value is -2.83. The minimum Gasteiger partial charge on any atom is -0.342 e. The van der Waals surface area contributed by atoms with Crippen LogP contribution in [0, 0.1) is 23.2 Å². The first-order chi connectivity index (χ1) is 14.1. The minimum absolute atomic E-state index is 0.0708. The Morgan fingerprint density at radius 2 is 1.80 bits per heavy atom. The number of amides is 1. The summed E-state index contributed by atoms with van der Waals surface area (Å²) >= 11 is 0. The molecule has 0 saturated carbocycles. The Morgan fingerprint density at radius 1 is 1.23 bits per heavy atom. The lowest BCUT2D eigenvalue weighted by Crippen LogP contribution is -2.32. The van der Waals surface area contributed by atoms with E-state index in [1.807, 2.05) is 13.8 Å². The molecule has 2 aromatic rings. The topological polar surface area (TPSA) is 121 Å². The van der Waals surface area contributed by atoms with Gasteiger partial charge in [0.15, 0.2) is 0 Å². The molecule has 8 nitrogen and oxygen atoms in total. The van der Waals surface area contributed by atoms with E-state index in [2.05, 4.69) is 16.0 Å². The van der Waals surface area contributed by atoms with Crippen LogP contribution in [0.2, 0.25) is 0 Å². The van der Waals surface area contributed by atoms with Crippen LogP contribution in [0.5, 0.6) is 0 Å². The summed E-state index contributed by atoms with van der Waals surface area (Å²) < 4.78 is 27.6. The molecule has 0 bridgehead atoms. The molecule has 1 aromatic heterocycles. The molecular weight excluding hydrogens is 404 g/mol. The van der Waals surface area contributed by atoms with Crippen molar-refractivity contribution in [3.05, 3.63) is 51.7 Å². The molecule has 1 aromatic carbocycles. The van der Waals surface area contributed by atoms with Gasteiger partial charge in [-0.1, -0.05) is 38.1 Å². The number of carbonyl (C=O) groups is 1. The van der Waals surface area contributed by atoms with E-state index in [0.717, 1.165) is 5.56 Å². The third kappa shape index (κ3) is 5.40. The molecule has 2 rings (SSSR count). The van der Waals surface area contributed by atoms with E-state index < -0.39 is 21.2 Å². The molecule has 0 saturated heterocycles. The third-order valence-corrected chi connectivity index (χ3v) is 6.51. The van der Waals surface area contributed by atoms with E-state index in [0.29, 0.717) is 28.8 Å². The van der Waals surface area contributed by atoms with Crippen molar-refractivity contribution < 1.29 is 13.2 Å². The number of nitrogens with zero attached hydrogens (tertiary/aromatic N) is 3. The van der Waals surface area contributed by atoms with Gasteiger partial charge in [-0.25, -0.2) is 13.1 Å². The van der Waals surface area contributed by atoms with Crippen molar-refractivity contribution in [3.8, 4) is 17.2 Å². The quantitative estimate of drug-likeness (QED) is 0.669. The maximum absolute atomic E-state index is 12.0. The van der Waals surface area contributed by atoms with Gasteiger partial charge in [0.2, 0.25) is 10.0 Å². The highest BCUT2D eigenvalue weighted by atomic mass is 32.2. The van der Waals surface area contributed by atoms with Gasteiger partial charge in [0.25, 0.3) is 0 Å². The average molecular weight is 433 g/mol. The van der Waals surface area contributed by atoms with Crippen LogP contribution in [0.4, 0.5) is 0 Å². The molecule has 30 heavy (non-hydrogen) atoms. The lowest BCUT2D eigenvalue weighted by Gasteiger charge is -2.10. The predicted molar refractivity (Wildman–Crippen MR) is 118 cm³/mol. The van der Waals surface area contributed by atoms with Crippen LogP contribution in [0.3, 0.4) is 0 Å². The van der Waals surface area contributed by atoms with E-state index in [1.165, 1.54) is 4.57 Å². The van der Waals surface area contributed by atoms with Crippen molar-refractivity contribution in [2.45, 2.75) is 46.3 Å². The minimum atomic E-state index is -3.31. The summed E-state index contributed by atoms with van der Waals surface area (Å²) in [5.74, 6) is -0.936. The van der Waals surface area contributed by atoms with Gasteiger partial charge in [-0.15, -0.1) is 4.91 Å². The van der Waals surface area contributed by atoms with Gasteiger partial charge in [0.05, 0.1) is 10.8 Å². The normalized spacial score (nSPS) is 10.9. The summed E-state index contributed by atoms with van der Waals surface area (Å²) in [5, 5.41) is 11.5. The lowest BCUT2D eigenvalue weighted by atomic mass is 9.98. The average Bonchev–Trinajstić information content (AvgIpc) is 2.99. The first-order valence-corrected chi connectivity index (χ1v) is 11.2. The van der Waals surface area contributed by atoms with Gasteiger partial charge >= 0.3 is 5.91 Å². The fourth-order valence-corrected chi connectivity index (χ4v) is 3.58. The SMILES string of the molecule is CC.Cc1c(C#N)c(-c2ccc(CCNS(=O)(=O)C(C)C)cc2)c(C(=O)N=O)n1C. The maximum atomic E-state index is 12.0. The van der Waals surface area contributed by atoms with E-state index in [4.69, 9.17) is 0 Å². The third-order valence-electron chi connectivity index (χ3n) is 4.66. The highest BCUT2D eigenvalue weighted by Crippen LogP contribution is 2.32. The molecule has 9 heteroatoms. The molecule has 0 fully saturated rings. The number of hydrogen-bond donors (Lipinski definition) is 1. The predicted octanol–water partition coefficient (Wildman–Crippen LogP) is 3.68. The number of nitriles is 1. The van der Waals surface area contributed by atoms with Crippen molar-refractivity contribution in [1.29, 1.82) is 5.26 Å². The molecule has 0 radical (unpaired) electrons. The zero-order valence-electron chi connectivity index (χ0n) is 18.2. The molecule has 1 amide bonds. The van der Waals surface area contributed by atoms with Crippen molar-refractivity contribution >= 4 is 15.9 Å². The zero-order chi connectivity index (χ0) is 23.1. The highest BCUT2D eigenvalue weighted by Gasteiger charge is 2.25. The second-order valence-corrected chi connectivity index (χ2v) is 9.01. The van der Waals surface area contributed by atoms with Gasteiger partial charge < -0.3 is 4.57 Å². The van der Waals surface area contributed by atoms with Gasteiger partial charge in [-0.3, -0.25) is 4.79 Å². The zero-order valence-corrected chi connectivity index (χ0v) is 19.0. The fraction of sp³-hybridized carbons (Fsp3) is 0.429. The number of aromatic nitrogens is 1. The highest BCUT2D eigenvalue weighted by molar-refractivity contribution is 7.90. The van der Waals surface area contributed by atoms with Crippen molar-refractivity contribution in [1.82, 2.24) is 9.29 Å². The molecule has 1 heterocycles. The first-order valence-electron chi connectivity index (χ1n) is 9.68. The summed E-state index contributed by atoms with van der Waals surface area (Å²) in [6.45, 7) is 9.18. The number of sulfonamides is 1. The van der Waals surface area contributed by atoms with Gasteiger partial charge in [-0.2, -0.15) is 5.26 Å². The molecule has 0 aliphatic carbocycles. The first kappa shape index (κ1) is 25.2. The summed E-state index contributed by atoms with van der Waals surface area (Å²) in [7, 11) is -1.71. The second-order valence-electron chi connectivity index (χ2n) is 6.69. The van der Waals surface area contributed by atoms with Crippen molar-refractivity contribution in [2.75, 3.05) is 6.54 Å². The van der Waals surface area contributed by atoms with Gasteiger partial charge in [0, 0.05) is 30.0 Å².